The molecule has 0 fully saturated rings. The topological polar surface area (TPSA) is 54.9 Å². The number of hydrogen-bond donors (Lipinski definition) is 1. The van der Waals surface area contributed by atoms with Crippen molar-refractivity contribution in [3.8, 4) is 0 Å². The van der Waals surface area contributed by atoms with Gasteiger partial charge in [0.25, 0.3) is 5.91 Å². The Bertz CT molecular complexity index is 826. The lowest BCUT2D eigenvalue weighted by atomic mass is 10.1. The van der Waals surface area contributed by atoms with Gasteiger partial charge in [-0.1, -0.05) is 70.6 Å². The third-order valence-electron chi connectivity index (χ3n) is 3.32. The quantitative estimate of drug-likeness (QED) is 0.532. The summed E-state index contributed by atoms with van der Waals surface area (Å²) in [6, 6.07) is 16.0. The lowest BCUT2D eigenvalue weighted by Crippen LogP contribution is -2.12. The molecule has 0 spiro atoms. The zero-order chi connectivity index (χ0) is 16.9. The van der Waals surface area contributed by atoms with Gasteiger partial charge in [0.05, 0.1) is 0 Å². The number of amides is 1. The van der Waals surface area contributed by atoms with E-state index in [2.05, 4.69) is 27.6 Å². The lowest BCUT2D eigenvalue weighted by Gasteiger charge is -2.04. The number of thioether (sulfide) groups is 1. The second-order valence-corrected chi connectivity index (χ2v) is 7.68. The van der Waals surface area contributed by atoms with Crippen LogP contribution in [0.5, 0.6) is 0 Å². The second-order valence-electron chi connectivity index (χ2n) is 5.48. The maximum absolute atomic E-state index is 12.3. The van der Waals surface area contributed by atoms with Gasteiger partial charge in [0, 0.05) is 11.3 Å². The molecule has 0 saturated carbocycles. The number of aromatic nitrogens is 2. The van der Waals surface area contributed by atoms with E-state index in [0.29, 0.717) is 10.7 Å². The number of aryl methyl sites for hydroxylation is 2. The van der Waals surface area contributed by atoms with Crippen LogP contribution in [0, 0.1) is 13.8 Å². The zero-order valence-electron chi connectivity index (χ0n) is 13.4. The van der Waals surface area contributed by atoms with Crippen molar-refractivity contribution >= 4 is 34.1 Å². The van der Waals surface area contributed by atoms with Crippen molar-refractivity contribution in [1.82, 2.24) is 10.2 Å². The highest BCUT2D eigenvalue weighted by molar-refractivity contribution is 8.00. The highest BCUT2D eigenvalue weighted by Gasteiger charge is 2.11. The summed E-state index contributed by atoms with van der Waals surface area (Å²) in [5.41, 5.74) is 4.01. The zero-order valence-corrected chi connectivity index (χ0v) is 15.1. The molecule has 0 aliphatic heterocycles. The smallest absolute Gasteiger partial charge is 0.257 e. The van der Waals surface area contributed by atoms with Crippen LogP contribution in [-0.2, 0) is 5.75 Å². The van der Waals surface area contributed by atoms with Crippen molar-refractivity contribution in [2.24, 2.45) is 0 Å². The summed E-state index contributed by atoms with van der Waals surface area (Å²) in [6.45, 7) is 3.96. The standard InChI is InChI=1S/C18H17N3OS2/c1-12-8-13(2)10-15(9-12)16(22)19-17-20-21-18(24-17)23-11-14-6-4-3-5-7-14/h3-10H,11H2,1-2H3,(H,19,20,22). The number of hydrogen-bond acceptors (Lipinski definition) is 5. The van der Waals surface area contributed by atoms with E-state index < -0.39 is 0 Å². The van der Waals surface area contributed by atoms with Crippen LogP contribution in [0.15, 0.2) is 52.9 Å². The predicted octanol–water partition coefficient (Wildman–Crippen LogP) is 4.70. The van der Waals surface area contributed by atoms with Gasteiger partial charge in [-0.25, -0.2) is 0 Å². The van der Waals surface area contributed by atoms with Gasteiger partial charge in [0.15, 0.2) is 4.34 Å². The summed E-state index contributed by atoms with van der Waals surface area (Å²) in [5, 5.41) is 11.5. The van der Waals surface area contributed by atoms with Gasteiger partial charge < -0.3 is 0 Å². The number of anilines is 1. The largest absolute Gasteiger partial charge is 0.296 e. The molecule has 0 aliphatic rings. The first kappa shape index (κ1) is 16.7. The molecule has 1 heterocycles. The van der Waals surface area contributed by atoms with Crippen LogP contribution in [0.2, 0.25) is 0 Å². The van der Waals surface area contributed by atoms with Crippen molar-refractivity contribution in [3.63, 3.8) is 0 Å². The summed E-state index contributed by atoms with van der Waals surface area (Å²) in [7, 11) is 0. The minimum Gasteiger partial charge on any atom is -0.296 e. The summed E-state index contributed by atoms with van der Waals surface area (Å²) < 4.78 is 0.842. The van der Waals surface area contributed by atoms with Crippen LogP contribution in [0.3, 0.4) is 0 Å². The number of nitrogens with one attached hydrogen (secondary N) is 1. The second kappa shape index (κ2) is 7.59. The van der Waals surface area contributed by atoms with Gasteiger partial charge >= 0.3 is 0 Å². The summed E-state index contributed by atoms with van der Waals surface area (Å²) >= 11 is 3.01. The van der Waals surface area contributed by atoms with E-state index in [1.807, 2.05) is 50.2 Å². The van der Waals surface area contributed by atoms with Crippen molar-refractivity contribution < 1.29 is 4.79 Å². The minimum atomic E-state index is -0.155. The Morgan fingerprint density at radius 1 is 1.08 bits per heavy atom. The van der Waals surface area contributed by atoms with Crippen molar-refractivity contribution in [1.29, 1.82) is 0 Å². The predicted molar refractivity (Wildman–Crippen MR) is 99.8 cm³/mol. The molecule has 0 atom stereocenters. The van der Waals surface area contributed by atoms with E-state index in [1.165, 1.54) is 16.9 Å². The highest BCUT2D eigenvalue weighted by Crippen LogP contribution is 2.28. The number of rotatable bonds is 5. The van der Waals surface area contributed by atoms with Crippen LogP contribution < -0.4 is 5.32 Å². The molecule has 0 radical (unpaired) electrons. The summed E-state index contributed by atoms with van der Waals surface area (Å²) in [4.78, 5) is 12.3. The molecule has 1 amide bonds. The number of benzene rings is 2. The van der Waals surface area contributed by atoms with Gasteiger partial charge in [-0.2, -0.15) is 0 Å². The van der Waals surface area contributed by atoms with Gasteiger partial charge in [0.1, 0.15) is 0 Å². The van der Waals surface area contributed by atoms with E-state index >= 15 is 0 Å². The first-order valence-electron chi connectivity index (χ1n) is 7.50. The maximum Gasteiger partial charge on any atom is 0.257 e. The van der Waals surface area contributed by atoms with Crippen LogP contribution >= 0.6 is 23.1 Å². The fourth-order valence-electron chi connectivity index (χ4n) is 2.31. The third-order valence-corrected chi connectivity index (χ3v) is 5.36. The Hall–Kier alpha value is -2.18. The Kier molecular flexibility index (Phi) is 5.27. The molecular weight excluding hydrogens is 338 g/mol. The molecule has 3 aromatic rings. The Balaban J connectivity index is 1.62. The minimum absolute atomic E-state index is 0.155. The van der Waals surface area contributed by atoms with E-state index in [4.69, 9.17) is 0 Å². The molecule has 1 N–H and O–H groups in total. The average Bonchev–Trinajstić information content (AvgIpc) is 3.00. The fraction of sp³-hybridized carbons (Fsp3) is 0.167. The molecular formula is C18H17N3OS2. The van der Waals surface area contributed by atoms with Gasteiger partial charge in [-0.05, 0) is 31.5 Å². The summed E-state index contributed by atoms with van der Waals surface area (Å²) in [6.07, 6.45) is 0. The van der Waals surface area contributed by atoms with Crippen molar-refractivity contribution in [2.75, 3.05) is 5.32 Å². The number of carbonyl (C=O) groups is 1. The lowest BCUT2D eigenvalue weighted by molar-refractivity contribution is 0.102. The van der Waals surface area contributed by atoms with Crippen LogP contribution in [0.4, 0.5) is 5.13 Å². The Morgan fingerprint density at radius 2 is 1.79 bits per heavy atom. The normalized spacial score (nSPS) is 10.6. The molecule has 0 bridgehead atoms. The summed E-state index contributed by atoms with van der Waals surface area (Å²) in [5.74, 6) is 0.679. The first-order chi connectivity index (χ1) is 11.6. The van der Waals surface area contributed by atoms with Crippen molar-refractivity contribution in [2.45, 2.75) is 23.9 Å². The number of nitrogens with zero attached hydrogens (tertiary/aromatic N) is 2. The Labute approximate surface area is 149 Å². The van der Waals surface area contributed by atoms with Crippen LogP contribution in [-0.4, -0.2) is 16.1 Å². The highest BCUT2D eigenvalue weighted by atomic mass is 32.2. The molecule has 4 nitrogen and oxygen atoms in total. The molecule has 122 valence electrons. The molecule has 0 unspecified atom stereocenters. The fourth-order valence-corrected chi connectivity index (χ4v) is 4.02. The van der Waals surface area contributed by atoms with E-state index in [-0.39, 0.29) is 5.91 Å². The maximum atomic E-state index is 12.3. The van der Waals surface area contributed by atoms with E-state index in [1.54, 1.807) is 11.8 Å². The molecule has 6 heteroatoms. The van der Waals surface area contributed by atoms with E-state index in [0.717, 1.165) is 21.2 Å². The first-order valence-corrected chi connectivity index (χ1v) is 9.30. The molecule has 1 aromatic heterocycles. The monoisotopic (exact) mass is 355 g/mol. The van der Waals surface area contributed by atoms with Gasteiger partial charge in [-0.3, -0.25) is 10.1 Å². The molecule has 3 rings (SSSR count). The molecule has 0 aliphatic carbocycles. The Morgan fingerprint density at radius 3 is 2.50 bits per heavy atom. The van der Waals surface area contributed by atoms with Crippen LogP contribution in [0.1, 0.15) is 27.0 Å². The SMILES string of the molecule is Cc1cc(C)cc(C(=O)Nc2nnc(SCc3ccccc3)s2)c1. The van der Waals surface area contributed by atoms with Gasteiger partial charge in [0.2, 0.25) is 5.13 Å². The molecule has 0 saturated heterocycles. The molecule has 2 aromatic carbocycles. The molecule has 24 heavy (non-hydrogen) atoms. The van der Waals surface area contributed by atoms with Gasteiger partial charge in [-0.15, -0.1) is 10.2 Å². The van der Waals surface area contributed by atoms with Crippen LogP contribution in [0.25, 0.3) is 0 Å². The average molecular weight is 355 g/mol. The number of carbonyl (C=O) groups excluding carboxylic acids is 1. The van der Waals surface area contributed by atoms with Crippen molar-refractivity contribution in [3.05, 3.63) is 70.8 Å². The van der Waals surface area contributed by atoms with E-state index in [9.17, 15) is 4.79 Å². The third kappa shape index (κ3) is 4.43.